The van der Waals surface area contributed by atoms with Crippen LogP contribution in [0.3, 0.4) is 0 Å². The molecule has 1 N–H and O–H groups in total. The van der Waals surface area contributed by atoms with Crippen molar-refractivity contribution in [1.29, 1.82) is 0 Å². The minimum Gasteiger partial charge on any atom is -0.332 e. The Morgan fingerprint density at radius 1 is 1.17 bits per heavy atom. The highest BCUT2D eigenvalue weighted by Gasteiger charge is 2.15. The number of hydrogen-bond donors (Lipinski definition) is 1. The standard InChI is InChI=1S/C13H12N2S3/c1-2-16-13-14-11(9-5-3-7-17-9)12(15-13)10-6-4-8-18-10/h3-8H,2H2,1H3,(H,14,15). The zero-order valence-corrected chi connectivity index (χ0v) is 12.3. The predicted octanol–water partition coefficient (Wildman–Crippen LogP) is 4.98. The quantitative estimate of drug-likeness (QED) is 0.687. The van der Waals surface area contributed by atoms with Crippen LogP contribution in [-0.2, 0) is 0 Å². The van der Waals surface area contributed by atoms with Gasteiger partial charge in [0.15, 0.2) is 5.16 Å². The van der Waals surface area contributed by atoms with Crippen molar-refractivity contribution in [1.82, 2.24) is 9.97 Å². The van der Waals surface area contributed by atoms with E-state index in [-0.39, 0.29) is 0 Å². The zero-order valence-electron chi connectivity index (χ0n) is 9.84. The van der Waals surface area contributed by atoms with Crippen LogP contribution >= 0.6 is 34.4 Å². The molecule has 0 radical (unpaired) electrons. The summed E-state index contributed by atoms with van der Waals surface area (Å²) < 4.78 is 0. The van der Waals surface area contributed by atoms with Crippen molar-refractivity contribution in [2.45, 2.75) is 12.1 Å². The third-order valence-corrected chi connectivity index (χ3v) is 5.00. The summed E-state index contributed by atoms with van der Waals surface area (Å²) in [5.74, 6) is 1.03. The molecular formula is C13H12N2S3. The van der Waals surface area contributed by atoms with Gasteiger partial charge in [-0.15, -0.1) is 22.7 Å². The second-order valence-corrected chi connectivity index (χ2v) is 6.80. The number of nitrogens with one attached hydrogen (secondary N) is 1. The van der Waals surface area contributed by atoms with E-state index < -0.39 is 0 Å². The molecule has 0 saturated heterocycles. The summed E-state index contributed by atoms with van der Waals surface area (Å²) in [4.78, 5) is 10.6. The van der Waals surface area contributed by atoms with Crippen molar-refractivity contribution in [2.24, 2.45) is 0 Å². The van der Waals surface area contributed by atoms with Crippen LogP contribution < -0.4 is 0 Å². The van der Waals surface area contributed by atoms with E-state index in [2.05, 4.69) is 46.9 Å². The fourth-order valence-corrected chi connectivity index (χ4v) is 3.80. The zero-order chi connectivity index (χ0) is 12.4. The molecular weight excluding hydrogens is 280 g/mol. The van der Waals surface area contributed by atoms with Gasteiger partial charge in [-0.25, -0.2) is 4.98 Å². The van der Waals surface area contributed by atoms with Gasteiger partial charge >= 0.3 is 0 Å². The van der Waals surface area contributed by atoms with Crippen LogP contribution in [0.15, 0.2) is 40.2 Å². The Morgan fingerprint density at radius 2 is 1.89 bits per heavy atom. The largest absolute Gasteiger partial charge is 0.332 e. The minimum absolute atomic E-state index is 1.00. The molecule has 18 heavy (non-hydrogen) atoms. The molecule has 0 bridgehead atoms. The molecule has 0 spiro atoms. The lowest BCUT2D eigenvalue weighted by atomic mass is 10.2. The maximum atomic E-state index is 4.72. The molecule has 2 nitrogen and oxygen atoms in total. The average molecular weight is 292 g/mol. The van der Waals surface area contributed by atoms with E-state index in [0.29, 0.717) is 0 Å². The van der Waals surface area contributed by atoms with Gasteiger partial charge in [0.1, 0.15) is 5.69 Å². The lowest BCUT2D eigenvalue weighted by Crippen LogP contribution is -1.76. The van der Waals surface area contributed by atoms with Gasteiger partial charge < -0.3 is 4.98 Å². The summed E-state index contributed by atoms with van der Waals surface area (Å²) in [5, 5.41) is 5.19. The Balaban J connectivity index is 2.11. The molecule has 0 saturated carbocycles. The molecule has 0 fully saturated rings. The second kappa shape index (κ2) is 5.30. The van der Waals surface area contributed by atoms with Gasteiger partial charge in [-0.3, -0.25) is 0 Å². The van der Waals surface area contributed by atoms with E-state index in [1.807, 2.05) is 0 Å². The summed E-state index contributed by atoms with van der Waals surface area (Å²) in [7, 11) is 0. The second-order valence-electron chi connectivity index (χ2n) is 3.65. The normalized spacial score (nSPS) is 10.9. The molecule has 0 amide bonds. The Labute approximate surface area is 118 Å². The van der Waals surface area contributed by atoms with Crippen LogP contribution in [-0.4, -0.2) is 15.7 Å². The summed E-state index contributed by atoms with van der Waals surface area (Å²) in [6.45, 7) is 2.14. The first kappa shape index (κ1) is 12.0. The number of imidazole rings is 1. The van der Waals surface area contributed by atoms with Gasteiger partial charge in [0.2, 0.25) is 0 Å². The predicted molar refractivity (Wildman–Crippen MR) is 81.6 cm³/mol. The first-order valence-electron chi connectivity index (χ1n) is 5.69. The number of rotatable bonds is 4. The summed E-state index contributed by atoms with van der Waals surface area (Å²) in [6, 6.07) is 8.40. The van der Waals surface area contributed by atoms with Crippen molar-refractivity contribution in [3.8, 4) is 21.1 Å². The molecule has 0 aliphatic carbocycles. The van der Waals surface area contributed by atoms with Crippen LogP contribution in [0.4, 0.5) is 0 Å². The third kappa shape index (κ3) is 2.25. The van der Waals surface area contributed by atoms with E-state index in [9.17, 15) is 0 Å². The van der Waals surface area contributed by atoms with E-state index in [4.69, 9.17) is 4.98 Å². The van der Waals surface area contributed by atoms with Crippen molar-refractivity contribution >= 4 is 34.4 Å². The highest BCUT2D eigenvalue weighted by molar-refractivity contribution is 7.99. The van der Waals surface area contributed by atoms with Gasteiger partial charge in [-0.05, 0) is 28.6 Å². The number of H-pyrrole nitrogens is 1. The maximum Gasteiger partial charge on any atom is 0.166 e. The molecule has 0 unspecified atom stereocenters. The fourth-order valence-electron chi connectivity index (χ4n) is 1.75. The number of nitrogens with zero attached hydrogens (tertiary/aromatic N) is 1. The minimum atomic E-state index is 1.00. The van der Waals surface area contributed by atoms with Gasteiger partial charge in [0.25, 0.3) is 0 Å². The molecule has 0 aliphatic heterocycles. The molecule has 3 aromatic rings. The van der Waals surface area contributed by atoms with E-state index in [1.54, 1.807) is 34.4 Å². The SMILES string of the molecule is CCSc1nc(-c2cccs2)c(-c2cccs2)[nH]1. The topological polar surface area (TPSA) is 28.7 Å². The smallest absolute Gasteiger partial charge is 0.166 e. The van der Waals surface area contributed by atoms with Gasteiger partial charge in [-0.1, -0.05) is 30.8 Å². The first-order chi connectivity index (χ1) is 8.88. The molecule has 0 aromatic carbocycles. The van der Waals surface area contributed by atoms with Crippen LogP contribution in [0.5, 0.6) is 0 Å². The highest BCUT2D eigenvalue weighted by atomic mass is 32.2. The lowest BCUT2D eigenvalue weighted by Gasteiger charge is -1.96. The summed E-state index contributed by atoms with van der Waals surface area (Å²) >= 11 is 5.22. The lowest BCUT2D eigenvalue weighted by molar-refractivity contribution is 1.06. The van der Waals surface area contributed by atoms with E-state index in [0.717, 1.165) is 22.3 Å². The number of hydrogen-bond acceptors (Lipinski definition) is 4. The Morgan fingerprint density at radius 3 is 2.50 bits per heavy atom. The van der Waals surface area contributed by atoms with Crippen LogP contribution in [0.25, 0.3) is 21.1 Å². The maximum absolute atomic E-state index is 4.72. The number of thioether (sulfide) groups is 1. The van der Waals surface area contributed by atoms with Crippen LogP contribution in [0.1, 0.15) is 6.92 Å². The van der Waals surface area contributed by atoms with Crippen molar-refractivity contribution in [2.75, 3.05) is 5.75 Å². The van der Waals surface area contributed by atoms with Crippen molar-refractivity contribution in [3.63, 3.8) is 0 Å². The molecule has 3 heterocycles. The molecule has 0 aliphatic rings. The monoisotopic (exact) mass is 292 g/mol. The molecule has 0 atom stereocenters. The van der Waals surface area contributed by atoms with Gasteiger partial charge in [-0.2, -0.15) is 0 Å². The Bertz CT molecular complexity index is 557. The van der Waals surface area contributed by atoms with Gasteiger partial charge in [0, 0.05) is 0 Å². The van der Waals surface area contributed by atoms with Crippen molar-refractivity contribution in [3.05, 3.63) is 35.0 Å². The third-order valence-electron chi connectivity index (χ3n) is 2.49. The molecule has 3 aromatic heterocycles. The van der Waals surface area contributed by atoms with Gasteiger partial charge in [0.05, 0.1) is 15.4 Å². The molecule has 92 valence electrons. The van der Waals surface area contributed by atoms with Crippen LogP contribution in [0.2, 0.25) is 0 Å². The Hall–Kier alpha value is -1.04. The van der Waals surface area contributed by atoms with Crippen LogP contribution in [0, 0.1) is 0 Å². The van der Waals surface area contributed by atoms with Crippen molar-refractivity contribution < 1.29 is 0 Å². The summed E-state index contributed by atoms with van der Waals surface area (Å²) in [6.07, 6.45) is 0. The fraction of sp³-hybridized carbons (Fsp3) is 0.154. The molecule has 5 heteroatoms. The van der Waals surface area contributed by atoms with E-state index >= 15 is 0 Å². The first-order valence-corrected chi connectivity index (χ1v) is 8.43. The number of aromatic nitrogens is 2. The van der Waals surface area contributed by atoms with E-state index in [1.165, 1.54) is 9.75 Å². The molecule has 3 rings (SSSR count). The highest BCUT2D eigenvalue weighted by Crippen LogP contribution is 2.36. The summed E-state index contributed by atoms with van der Waals surface area (Å²) in [5.41, 5.74) is 2.21. The number of aromatic amines is 1. The Kier molecular flexibility index (Phi) is 3.54. The number of thiophene rings is 2. The average Bonchev–Trinajstić information content (AvgIpc) is 3.11.